The van der Waals surface area contributed by atoms with Crippen LogP contribution in [-0.2, 0) is 24.9 Å². The van der Waals surface area contributed by atoms with Crippen molar-refractivity contribution in [3.8, 4) is 17.3 Å². The Labute approximate surface area is 215 Å². The van der Waals surface area contributed by atoms with Crippen LogP contribution in [0, 0.1) is 0 Å². The van der Waals surface area contributed by atoms with Crippen molar-refractivity contribution in [2.45, 2.75) is 39.8 Å². The largest absolute Gasteiger partial charge is 0.482 e. The summed E-state index contributed by atoms with van der Waals surface area (Å²) in [6.45, 7) is 4.30. The number of halogens is 2. The number of hydrogen-bond donors (Lipinski definition) is 2. The molecule has 36 heavy (non-hydrogen) atoms. The molecule has 4 aromatic rings. The fourth-order valence-corrected chi connectivity index (χ4v) is 4.26. The lowest BCUT2D eigenvalue weighted by Gasteiger charge is -2.09. The molecule has 2 N–H and O–H groups in total. The van der Waals surface area contributed by atoms with Crippen molar-refractivity contribution in [3.63, 3.8) is 0 Å². The second kappa shape index (κ2) is 10.6. The molecule has 0 aliphatic rings. The molecule has 0 saturated heterocycles. The van der Waals surface area contributed by atoms with Crippen molar-refractivity contribution in [1.82, 2.24) is 28.9 Å². The number of nitrogens with zero attached hydrogens (tertiary/aromatic N) is 5. The number of nitrogens with one attached hydrogen (secondary N) is 2. The van der Waals surface area contributed by atoms with Gasteiger partial charge in [0, 0.05) is 31.2 Å². The Bertz CT molecular complexity index is 1550. The van der Waals surface area contributed by atoms with Gasteiger partial charge in [-0.3, -0.25) is 23.4 Å². The number of anilines is 1. The Hall–Kier alpha value is -3.57. The van der Waals surface area contributed by atoms with Gasteiger partial charge in [0.1, 0.15) is 17.0 Å². The third-order valence-corrected chi connectivity index (χ3v) is 5.93. The van der Waals surface area contributed by atoms with Gasteiger partial charge in [-0.1, -0.05) is 37.0 Å². The number of aromatic amines is 1. The molecule has 3 aromatic heterocycles. The number of ether oxygens (including phenoxy) is 1. The van der Waals surface area contributed by atoms with Gasteiger partial charge in [0.25, 0.3) is 11.5 Å². The summed E-state index contributed by atoms with van der Waals surface area (Å²) in [6.07, 6.45) is 1.35. The third kappa shape index (κ3) is 5.02. The molecule has 1 aromatic carbocycles. The number of carbonyl (C=O) groups excluding carboxylic acids is 1. The van der Waals surface area contributed by atoms with E-state index in [1.54, 1.807) is 25.2 Å². The number of imidazole rings is 1. The zero-order chi connectivity index (χ0) is 26.0. The van der Waals surface area contributed by atoms with Crippen molar-refractivity contribution in [1.29, 1.82) is 0 Å². The third-order valence-electron chi connectivity index (χ3n) is 5.40. The number of benzene rings is 1. The van der Waals surface area contributed by atoms with E-state index in [0.29, 0.717) is 53.2 Å². The minimum absolute atomic E-state index is 0.242. The minimum atomic E-state index is -0.450. The Kier molecular flexibility index (Phi) is 7.51. The lowest BCUT2D eigenvalue weighted by atomic mass is 10.3. The lowest BCUT2D eigenvalue weighted by Crippen LogP contribution is -2.40. The van der Waals surface area contributed by atoms with E-state index in [1.165, 1.54) is 19.9 Å². The average molecular weight is 534 g/mol. The molecule has 0 fully saturated rings. The molecule has 11 nitrogen and oxygen atoms in total. The number of rotatable bonds is 9. The van der Waals surface area contributed by atoms with Crippen molar-refractivity contribution < 1.29 is 9.53 Å². The number of hydrogen-bond acceptors (Lipinski definition) is 6. The SMILES string of the molecule is CCCn1c(=O)c2[nH]c(-c3cc(NC(=O)COc4ccc(Cl)cc4Cl)nn3C)nc2n(CCC)c1=O. The summed E-state index contributed by atoms with van der Waals surface area (Å²) >= 11 is 11.9. The highest BCUT2D eigenvalue weighted by molar-refractivity contribution is 6.35. The zero-order valence-electron chi connectivity index (χ0n) is 20.0. The standard InChI is InChI=1S/C23H25Cl2N7O4/c1-4-8-31-21-19(22(34)32(9-5-2)23(31)35)27-20(28-21)15-11-17(29-30(15)3)26-18(33)12-36-16-7-6-13(24)10-14(16)25/h6-7,10-11H,4-5,8-9,12H2,1-3H3,(H,27,28)(H,26,29,33). The maximum Gasteiger partial charge on any atom is 0.332 e. The van der Waals surface area contributed by atoms with Gasteiger partial charge in [-0.25, -0.2) is 9.78 Å². The van der Waals surface area contributed by atoms with E-state index in [0.717, 1.165) is 0 Å². The zero-order valence-corrected chi connectivity index (χ0v) is 21.5. The quantitative estimate of drug-likeness (QED) is 0.339. The predicted molar refractivity (Wildman–Crippen MR) is 138 cm³/mol. The Morgan fingerprint density at radius 3 is 2.53 bits per heavy atom. The van der Waals surface area contributed by atoms with Crippen LogP contribution in [0.5, 0.6) is 5.75 Å². The number of fused-ring (bicyclic) bond motifs is 1. The van der Waals surface area contributed by atoms with Crippen LogP contribution >= 0.6 is 23.2 Å². The maximum absolute atomic E-state index is 13.0. The molecular weight excluding hydrogens is 509 g/mol. The fraction of sp³-hybridized carbons (Fsp3) is 0.348. The van der Waals surface area contributed by atoms with Crippen molar-refractivity contribution >= 4 is 46.1 Å². The molecule has 3 heterocycles. The van der Waals surface area contributed by atoms with Crippen molar-refractivity contribution in [3.05, 3.63) is 55.1 Å². The van der Waals surface area contributed by atoms with Gasteiger partial charge in [0.15, 0.2) is 23.9 Å². The van der Waals surface area contributed by atoms with E-state index < -0.39 is 11.5 Å². The first kappa shape index (κ1) is 25.5. The highest BCUT2D eigenvalue weighted by atomic mass is 35.5. The van der Waals surface area contributed by atoms with Crippen molar-refractivity contribution in [2.75, 3.05) is 11.9 Å². The molecule has 0 atom stereocenters. The summed E-state index contributed by atoms with van der Waals surface area (Å²) in [7, 11) is 1.68. The summed E-state index contributed by atoms with van der Waals surface area (Å²) in [5.41, 5.74) is 0.241. The van der Waals surface area contributed by atoms with Crippen LogP contribution in [-0.4, -0.2) is 41.4 Å². The number of aromatic nitrogens is 6. The van der Waals surface area contributed by atoms with Gasteiger partial charge in [-0.15, -0.1) is 0 Å². The molecular formula is C23H25Cl2N7O4. The van der Waals surface area contributed by atoms with Crippen LogP contribution < -0.4 is 21.3 Å². The topological polar surface area (TPSA) is 129 Å². The monoisotopic (exact) mass is 533 g/mol. The smallest absolute Gasteiger partial charge is 0.332 e. The van der Waals surface area contributed by atoms with E-state index in [1.807, 2.05) is 13.8 Å². The molecule has 13 heteroatoms. The summed E-state index contributed by atoms with van der Waals surface area (Å²) < 4.78 is 9.69. The molecule has 1 amide bonds. The maximum atomic E-state index is 13.0. The molecule has 0 aliphatic carbocycles. The van der Waals surface area contributed by atoms with Gasteiger partial charge in [0.2, 0.25) is 0 Å². The van der Waals surface area contributed by atoms with Crippen LogP contribution in [0.2, 0.25) is 10.0 Å². The molecule has 0 bridgehead atoms. The van der Waals surface area contributed by atoms with E-state index in [9.17, 15) is 14.4 Å². The van der Waals surface area contributed by atoms with Crippen molar-refractivity contribution in [2.24, 2.45) is 7.05 Å². The highest BCUT2D eigenvalue weighted by Crippen LogP contribution is 2.27. The van der Waals surface area contributed by atoms with Crippen LogP contribution in [0.1, 0.15) is 26.7 Å². The van der Waals surface area contributed by atoms with E-state index >= 15 is 0 Å². The van der Waals surface area contributed by atoms with Gasteiger partial charge < -0.3 is 15.0 Å². The average Bonchev–Trinajstić information content (AvgIpc) is 3.42. The molecule has 0 spiro atoms. The first-order valence-electron chi connectivity index (χ1n) is 11.4. The molecule has 190 valence electrons. The van der Waals surface area contributed by atoms with Crippen LogP contribution in [0.3, 0.4) is 0 Å². The predicted octanol–water partition coefficient (Wildman–Crippen LogP) is 3.43. The normalized spacial score (nSPS) is 11.2. The van der Waals surface area contributed by atoms with Gasteiger partial charge in [0.05, 0.1) is 5.02 Å². The molecule has 0 unspecified atom stereocenters. The number of carbonyl (C=O) groups is 1. The van der Waals surface area contributed by atoms with Crippen LogP contribution in [0.15, 0.2) is 33.9 Å². The van der Waals surface area contributed by atoms with Gasteiger partial charge in [-0.05, 0) is 31.0 Å². The van der Waals surface area contributed by atoms with Crippen LogP contribution in [0.25, 0.3) is 22.7 Å². The number of amides is 1. The summed E-state index contributed by atoms with van der Waals surface area (Å²) in [5, 5.41) is 7.71. The second-order valence-electron chi connectivity index (χ2n) is 8.13. The molecule has 0 aliphatic heterocycles. The number of H-pyrrole nitrogens is 1. The Morgan fingerprint density at radius 1 is 1.11 bits per heavy atom. The van der Waals surface area contributed by atoms with Gasteiger partial charge >= 0.3 is 5.69 Å². The molecule has 0 radical (unpaired) electrons. The first-order chi connectivity index (χ1) is 17.2. The summed E-state index contributed by atoms with van der Waals surface area (Å²) in [4.78, 5) is 45.9. The van der Waals surface area contributed by atoms with Gasteiger partial charge in [-0.2, -0.15) is 5.10 Å². The first-order valence-corrected chi connectivity index (χ1v) is 12.1. The lowest BCUT2D eigenvalue weighted by molar-refractivity contribution is -0.118. The summed E-state index contributed by atoms with van der Waals surface area (Å²) in [6, 6.07) is 6.31. The Morgan fingerprint density at radius 2 is 1.83 bits per heavy atom. The van der Waals surface area contributed by atoms with E-state index in [-0.39, 0.29) is 29.3 Å². The summed E-state index contributed by atoms with van der Waals surface area (Å²) in [5.74, 6) is 0.486. The minimum Gasteiger partial charge on any atom is -0.482 e. The van der Waals surface area contributed by atoms with Crippen LogP contribution in [0.4, 0.5) is 5.82 Å². The highest BCUT2D eigenvalue weighted by Gasteiger charge is 2.20. The Balaban J connectivity index is 1.60. The van der Waals surface area contributed by atoms with E-state index in [2.05, 4.69) is 20.4 Å². The molecule has 4 rings (SSSR count). The second-order valence-corrected chi connectivity index (χ2v) is 8.97. The fourth-order valence-electron chi connectivity index (χ4n) is 3.80. The molecule has 0 saturated carbocycles. The van der Waals surface area contributed by atoms with E-state index in [4.69, 9.17) is 27.9 Å². The number of aryl methyl sites for hydroxylation is 2.